The van der Waals surface area contributed by atoms with E-state index in [9.17, 15) is 0 Å². The van der Waals surface area contributed by atoms with Crippen LogP contribution in [0.3, 0.4) is 0 Å². The Morgan fingerprint density at radius 1 is 1.78 bits per heavy atom. The molecule has 0 spiro atoms. The highest BCUT2D eigenvalue weighted by molar-refractivity contribution is 5.11. The van der Waals surface area contributed by atoms with Gasteiger partial charge in [0.15, 0.2) is 0 Å². The maximum absolute atomic E-state index is 8.39. The summed E-state index contributed by atoms with van der Waals surface area (Å²) in [6.45, 7) is 0. The van der Waals surface area contributed by atoms with Gasteiger partial charge in [0, 0.05) is 0 Å². The van der Waals surface area contributed by atoms with Gasteiger partial charge in [-0.1, -0.05) is 0 Å². The standard InChI is InChI=1S/C7H9NO/c8-5-4-7-3-1-2-6(7)9-7/h6H,1-4H2. The van der Waals surface area contributed by atoms with Gasteiger partial charge in [-0.2, -0.15) is 5.26 Å². The molecule has 1 saturated heterocycles. The van der Waals surface area contributed by atoms with Gasteiger partial charge in [0.25, 0.3) is 0 Å². The Morgan fingerprint density at radius 3 is 3.11 bits per heavy atom. The molecule has 1 heterocycles. The molecule has 2 unspecified atom stereocenters. The van der Waals surface area contributed by atoms with Gasteiger partial charge in [0.05, 0.1) is 18.6 Å². The molecule has 0 aromatic rings. The second-order valence-corrected chi connectivity index (χ2v) is 2.90. The van der Waals surface area contributed by atoms with Crippen molar-refractivity contribution in [3.63, 3.8) is 0 Å². The minimum Gasteiger partial charge on any atom is -0.365 e. The second-order valence-electron chi connectivity index (χ2n) is 2.90. The average Bonchev–Trinajstić information content (AvgIpc) is 2.37. The summed E-state index contributed by atoms with van der Waals surface area (Å²) in [4.78, 5) is 0. The lowest BCUT2D eigenvalue weighted by atomic mass is 10.1. The molecule has 2 fully saturated rings. The molecule has 0 radical (unpaired) electrons. The third-order valence-electron chi connectivity index (χ3n) is 2.35. The highest BCUT2D eigenvalue weighted by Gasteiger charge is 2.58. The highest BCUT2D eigenvalue weighted by atomic mass is 16.6. The fraction of sp³-hybridized carbons (Fsp3) is 0.857. The first-order chi connectivity index (χ1) is 4.37. The number of rotatable bonds is 1. The topological polar surface area (TPSA) is 36.3 Å². The number of epoxide rings is 1. The summed E-state index contributed by atoms with van der Waals surface area (Å²) < 4.78 is 5.36. The number of hydrogen-bond acceptors (Lipinski definition) is 2. The van der Waals surface area contributed by atoms with E-state index in [4.69, 9.17) is 10.00 Å². The number of fused-ring (bicyclic) bond motifs is 1. The van der Waals surface area contributed by atoms with Crippen molar-refractivity contribution in [3.05, 3.63) is 0 Å². The molecule has 48 valence electrons. The van der Waals surface area contributed by atoms with Crippen LogP contribution in [0.15, 0.2) is 0 Å². The summed E-state index contributed by atoms with van der Waals surface area (Å²) in [5.74, 6) is 0. The zero-order valence-electron chi connectivity index (χ0n) is 5.26. The predicted octanol–water partition coefficient (Wildman–Crippen LogP) is 1.22. The Kier molecular flexibility index (Phi) is 0.866. The van der Waals surface area contributed by atoms with E-state index >= 15 is 0 Å². The molecule has 1 aliphatic carbocycles. The van der Waals surface area contributed by atoms with E-state index in [0.717, 1.165) is 6.42 Å². The van der Waals surface area contributed by atoms with Gasteiger partial charge in [-0.15, -0.1) is 0 Å². The zero-order valence-corrected chi connectivity index (χ0v) is 5.26. The number of nitriles is 1. The van der Waals surface area contributed by atoms with Crippen LogP contribution in [0.25, 0.3) is 0 Å². The van der Waals surface area contributed by atoms with E-state index in [-0.39, 0.29) is 5.60 Å². The third kappa shape index (κ3) is 0.585. The number of nitrogens with zero attached hydrogens (tertiary/aromatic N) is 1. The van der Waals surface area contributed by atoms with Crippen molar-refractivity contribution in [3.8, 4) is 6.07 Å². The van der Waals surface area contributed by atoms with E-state index in [1.165, 1.54) is 12.8 Å². The normalized spacial score (nSPS) is 45.9. The van der Waals surface area contributed by atoms with E-state index in [1.807, 2.05) is 0 Å². The van der Waals surface area contributed by atoms with Crippen molar-refractivity contribution in [2.75, 3.05) is 0 Å². The molecule has 1 saturated carbocycles. The predicted molar refractivity (Wildman–Crippen MR) is 31.7 cm³/mol. The van der Waals surface area contributed by atoms with Gasteiger partial charge in [0.1, 0.15) is 5.60 Å². The minimum atomic E-state index is 0.0503. The first-order valence-corrected chi connectivity index (χ1v) is 3.42. The van der Waals surface area contributed by atoms with Crippen LogP contribution in [0.4, 0.5) is 0 Å². The fourth-order valence-electron chi connectivity index (χ4n) is 1.76. The SMILES string of the molecule is N#CCC12CCCC1O2. The monoisotopic (exact) mass is 123 g/mol. The maximum Gasteiger partial charge on any atom is 0.108 e. The first-order valence-electron chi connectivity index (χ1n) is 3.42. The number of ether oxygens (including phenoxy) is 1. The third-order valence-corrected chi connectivity index (χ3v) is 2.35. The van der Waals surface area contributed by atoms with Gasteiger partial charge in [0.2, 0.25) is 0 Å². The fourth-order valence-corrected chi connectivity index (χ4v) is 1.76. The van der Waals surface area contributed by atoms with Crippen molar-refractivity contribution in [1.82, 2.24) is 0 Å². The molecule has 2 nitrogen and oxygen atoms in total. The highest BCUT2D eigenvalue weighted by Crippen LogP contribution is 2.51. The smallest absolute Gasteiger partial charge is 0.108 e. The number of hydrogen-bond donors (Lipinski definition) is 0. The van der Waals surface area contributed by atoms with Crippen LogP contribution in [0.2, 0.25) is 0 Å². The average molecular weight is 123 g/mol. The molecule has 0 N–H and O–H groups in total. The van der Waals surface area contributed by atoms with Gasteiger partial charge in [-0.05, 0) is 19.3 Å². The summed E-state index contributed by atoms with van der Waals surface area (Å²) in [5.41, 5.74) is 0.0503. The lowest BCUT2D eigenvalue weighted by molar-refractivity contribution is 0.254. The van der Waals surface area contributed by atoms with Crippen molar-refractivity contribution < 1.29 is 4.74 Å². The van der Waals surface area contributed by atoms with Crippen LogP contribution < -0.4 is 0 Å². The molecule has 2 rings (SSSR count). The molecule has 0 aromatic heterocycles. The lowest BCUT2D eigenvalue weighted by Crippen LogP contribution is -2.06. The molecule has 1 aliphatic heterocycles. The quantitative estimate of drug-likeness (QED) is 0.491. The molecular weight excluding hydrogens is 114 g/mol. The van der Waals surface area contributed by atoms with Crippen LogP contribution in [0, 0.1) is 11.3 Å². The van der Waals surface area contributed by atoms with Crippen LogP contribution in [-0.2, 0) is 4.74 Å². The summed E-state index contributed by atoms with van der Waals surface area (Å²) in [7, 11) is 0. The Hall–Kier alpha value is -0.550. The van der Waals surface area contributed by atoms with Crippen LogP contribution in [0.1, 0.15) is 25.7 Å². The van der Waals surface area contributed by atoms with E-state index in [1.54, 1.807) is 0 Å². The van der Waals surface area contributed by atoms with Crippen molar-refractivity contribution in [2.45, 2.75) is 37.4 Å². The van der Waals surface area contributed by atoms with E-state index in [2.05, 4.69) is 6.07 Å². The van der Waals surface area contributed by atoms with Gasteiger partial charge in [-0.25, -0.2) is 0 Å². The molecule has 9 heavy (non-hydrogen) atoms. The molecule has 0 aromatic carbocycles. The lowest BCUT2D eigenvalue weighted by Gasteiger charge is -1.98. The van der Waals surface area contributed by atoms with Crippen molar-refractivity contribution in [1.29, 1.82) is 5.26 Å². The molecule has 0 bridgehead atoms. The largest absolute Gasteiger partial charge is 0.365 e. The van der Waals surface area contributed by atoms with Gasteiger partial charge < -0.3 is 4.74 Å². The van der Waals surface area contributed by atoms with Crippen LogP contribution in [-0.4, -0.2) is 11.7 Å². The van der Waals surface area contributed by atoms with Crippen molar-refractivity contribution in [2.24, 2.45) is 0 Å². The Labute approximate surface area is 54.4 Å². The Bertz CT molecular complexity index is 172. The molecule has 2 aliphatic rings. The summed E-state index contributed by atoms with van der Waals surface area (Å²) >= 11 is 0. The van der Waals surface area contributed by atoms with E-state index < -0.39 is 0 Å². The Balaban J connectivity index is 2.04. The zero-order chi connectivity index (χ0) is 6.32. The van der Waals surface area contributed by atoms with Crippen molar-refractivity contribution >= 4 is 0 Å². The maximum atomic E-state index is 8.39. The summed E-state index contributed by atoms with van der Waals surface area (Å²) in [6.07, 6.45) is 4.62. The summed E-state index contributed by atoms with van der Waals surface area (Å²) in [5, 5.41) is 8.39. The van der Waals surface area contributed by atoms with Gasteiger partial charge in [-0.3, -0.25) is 0 Å². The van der Waals surface area contributed by atoms with Crippen LogP contribution in [0.5, 0.6) is 0 Å². The molecule has 2 atom stereocenters. The second kappa shape index (κ2) is 1.48. The van der Waals surface area contributed by atoms with Gasteiger partial charge >= 0.3 is 0 Å². The molecule has 0 amide bonds. The summed E-state index contributed by atoms with van der Waals surface area (Å²) in [6, 6.07) is 2.17. The molecular formula is C7H9NO. The Morgan fingerprint density at radius 2 is 2.67 bits per heavy atom. The minimum absolute atomic E-state index is 0.0503. The first kappa shape index (κ1) is 5.25. The molecule has 2 heteroatoms. The van der Waals surface area contributed by atoms with Crippen LogP contribution >= 0.6 is 0 Å². The van der Waals surface area contributed by atoms with E-state index in [0.29, 0.717) is 12.5 Å².